The van der Waals surface area contributed by atoms with Crippen molar-refractivity contribution in [2.24, 2.45) is 0 Å². The SMILES string of the molecule is O=C(Cl)c1cc2c(cc1-n1cccc1)OCO2. The Bertz CT molecular complexity index is 578. The Morgan fingerprint density at radius 2 is 1.82 bits per heavy atom. The predicted octanol–water partition coefficient (Wildman–Crippen LogP) is 2.59. The van der Waals surface area contributed by atoms with Crippen molar-refractivity contribution >= 4 is 16.8 Å². The van der Waals surface area contributed by atoms with Crippen molar-refractivity contribution in [1.29, 1.82) is 0 Å². The fourth-order valence-corrected chi connectivity index (χ4v) is 1.95. The van der Waals surface area contributed by atoms with Gasteiger partial charge in [0.15, 0.2) is 11.5 Å². The summed E-state index contributed by atoms with van der Waals surface area (Å²) in [5.74, 6) is 1.17. The minimum absolute atomic E-state index is 0.167. The summed E-state index contributed by atoms with van der Waals surface area (Å²) < 4.78 is 12.3. The molecular weight excluding hydrogens is 242 g/mol. The van der Waals surface area contributed by atoms with Crippen LogP contribution in [-0.2, 0) is 0 Å². The first kappa shape index (κ1) is 10.2. The van der Waals surface area contributed by atoms with Gasteiger partial charge in [-0.2, -0.15) is 0 Å². The van der Waals surface area contributed by atoms with Crippen molar-refractivity contribution in [3.8, 4) is 17.2 Å². The van der Waals surface area contributed by atoms with Gasteiger partial charge in [-0.1, -0.05) is 0 Å². The van der Waals surface area contributed by atoms with Crippen molar-refractivity contribution in [2.45, 2.75) is 0 Å². The molecule has 0 saturated carbocycles. The molecule has 1 aliphatic rings. The maximum Gasteiger partial charge on any atom is 0.254 e. The van der Waals surface area contributed by atoms with Crippen molar-refractivity contribution in [3.05, 3.63) is 42.2 Å². The van der Waals surface area contributed by atoms with E-state index in [2.05, 4.69) is 0 Å². The van der Waals surface area contributed by atoms with Crippen LogP contribution in [0.5, 0.6) is 11.5 Å². The average molecular weight is 250 g/mol. The highest BCUT2D eigenvalue weighted by Gasteiger charge is 2.20. The summed E-state index contributed by atoms with van der Waals surface area (Å²) in [6.07, 6.45) is 3.67. The Morgan fingerprint density at radius 3 is 2.47 bits per heavy atom. The molecule has 1 aliphatic heterocycles. The number of hydrogen-bond acceptors (Lipinski definition) is 3. The number of carbonyl (C=O) groups is 1. The highest BCUT2D eigenvalue weighted by molar-refractivity contribution is 6.68. The van der Waals surface area contributed by atoms with E-state index in [0.29, 0.717) is 22.7 Å². The summed E-state index contributed by atoms with van der Waals surface area (Å²) in [6.45, 7) is 0.167. The molecule has 0 amide bonds. The number of ether oxygens (including phenoxy) is 2. The molecule has 1 aromatic carbocycles. The monoisotopic (exact) mass is 249 g/mol. The van der Waals surface area contributed by atoms with Gasteiger partial charge in [-0.15, -0.1) is 0 Å². The zero-order valence-corrected chi connectivity index (χ0v) is 9.48. The molecule has 0 radical (unpaired) electrons. The summed E-state index contributed by atoms with van der Waals surface area (Å²) in [4.78, 5) is 11.4. The average Bonchev–Trinajstić information content (AvgIpc) is 2.98. The number of nitrogens with zero attached hydrogens (tertiary/aromatic N) is 1. The highest BCUT2D eigenvalue weighted by Crippen LogP contribution is 2.36. The first-order valence-electron chi connectivity index (χ1n) is 5.02. The second kappa shape index (κ2) is 3.82. The predicted molar refractivity (Wildman–Crippen MR) is 62.1 cm³/mol. The van der Waals surface area contributed by atoms with E-state index in [9.17, 15) is 4.79 Å². The topological polar surface area (TPSA) is 40.5 Å². The minimum Gasteiger partial charge on any atom is -0.454 e. The van der Waals surface area contributed by atoms with Gasteiger partial charge in [0, 0.05) is 18.5 Å². The van der Waals surface area contributed by atoms with Gasteiger partial charge in [0.25, 0.3) is 5.24 Å². The van der Waals surface area contributed by atoms with Gasteiger partial charge in [0.2, 0.25) is 6.79 Å². The number of carbonyl (C=O) groups excluding carboxylic acids is 1. The van der Waals surface area contributed by atoms with Crippen LogP contribution in [-0.4, -0.2) is 16.6 Å². The van der Waals surface area contributed by atoms with Crippen molar-refractivity contribution in [3.63, 3.8) is 0 Å². The van der Waals surface area contributed by atoms with Crippen LogP contribution in [0, 0.1) is 0 Å². The second-order valence-corrected chi connectivity index (χ2v) is 3.93. The van der Waals surface area contributed by atoms with E-state index in [1.165, 1.54) is 0 Å². The van der Waals surface area contributed by atoms with Crippen LogP contribution in [0.2, 0.25) is 0 Å². The lowest BCUT2D eigenvalue weighted by atomic mass is 10.1. The molecule has 0 N–H and O–H groups in total. The van der Waals surface area contributed by atoms with Crippen molar-refractivity contribution in [1.82, 2.24) is 4.57 Å². The van der Waals surface area contributed by atoms with Gasteiger partial charge in [-0.3, -0.25) is 4.79 Å². The second-order valence-electron chi connectivity index (χ2n) is 3.59. The van der Waals surface area contributed by atoms with Crippen molar-refractivity contribution < 1.29 is 14.3 Å². The number of halogens is 1. The van der Waals surface area contributed by atoms with E-state index in [-0.39, 0.29) is 6.79 Å². The summed E-state index contributed by atoms with van der Waals surface area (Å²) in [7, 11) is 0. The van der Waals surface area contributed by atoms with E-state index in [1.54, 1.807) is 16.7 Å². The molecule has 86 valence electrons. The third kappa shape index (κ3) is 1.66. The van der Waals surface area contributed by atoms with Gasteiger partial charge < -0.3 is 14.0 Å². The lowest BCUT2D eigenvalue weighted by Gasteiger charge is -2.08. The molecule has 0 aliphatic carbocycles. The van der Waals surface area contributed by atoms with Gasteiger partial charge in [-0.05, 0) is 29.8 Å². The van der Waals surface area contributed by atoms with Gasteiger partial charge in [-0.25, -0.2) is 0 Å². The zero-order valence-electron chi connectivity index (χ0n) is 8.72. The van der Waals surface area contributed by atoms with E-state index in [0.717, 1.165) is 0 Å². The Labute approximate surface area is 102 Å². The van der Waals surface area contributed by atoms with Crippen LogP contribution >= 0.6 is 11.6 Å². The van der Waals surface area contributed by atoms with Gasteiger partial charge >= 0.3 is 0 Å². The first-order valence-corrected chi connectivity index (χ1v) is 5.40. The van der Waals surface area contributed by atoms with Crippen LogP contribution in [0.25, 0.3) is 5.69 Å². The van der Waals surface area contributed by atoms with Crippen LogP contribution in [0.4, 0.5) is 0 Å². The molecule has 5 heteroatoms. The van der Waals surface area contributed by atoms with Crippen LogP contribution in [0.1, 0.15) is 10.4 Å². The Balaban J connectivity index is 2.22. The fourth-order valence-electron chi connectivity index (χ4n) is 1.80. The van der Waals surface area contributed by atoms with Gasteiger partial charge in [0.05, 0.1) is 11.3 Å². The molecular formula is C12H8ClNO3. The molecule has 0 bridgehead atoms. The smallest absolute Gasteiger partial charge is 0.254 e. The van der Waals surface area contributed by atoms with E-state index < -0.39 is 5.24 Å². The number of aromatic nitrogens is 1. The zero-order chi connectivity index (χ0) is 11.8. The summed E-state index contributed by atoms with van der Waals surface area (Å²) in [6, 6.07) is 7.09. The third-order valence-corrected chi connectivity index (χ3v) is 2.79. The number of rotatable bonds is 2. The molecule has 1 aromatic heterocycles. The lowest BCUT2D eigenvalue weighted by Crippen LogP contribution is -2.00. The molecule has 3 rings (SSSR count). The van der Waals surface area contributed by atoms with Crippen LogP contribution in [0.15, 0.2) is 36.7 Å². The number of benzene rings is 1. The molecule has 0 unspecified atom stereocenters. The molecule has 0 fully saturated rings. The highest BCUT2D eigenvalue weighted by atomic mass is 35.5. The van der Waals surface area contributed by atoms with Crippen LogP contribution < -0.4 is 9.47 Å². The molecule has 0 atom stereocenters. The third-order valence-electron chi connectivity index (χ3n) is 2.59. The van der Waals surface area contributed by atoms with E-state index in [4.69, 9.17) is 21.1 Å². The van der Waals surface area contributed by atoms with E-state index in [1.807, 2.05) is 24.5 Å². The standard InChI is InChI=1S/C12H8ClNO3/c13-12(15)8-5-10-11(17-7-16-10)6-9(8)14-3-1-2-4-14/h1-6H,7H2. The molecule has 2 heterocycles. The van der Waals surface area contributed by atoms with Crippen LogP contribution in [0.3, 0.4) is 0 Å². The summed E-state index contributed by atoms with van der Waals surface area (Å²) in [5, 5.41) is -0.521. The largest absolute Gasteiger partial charge is 0.454 e. The maximum atomic E-state index is 11.4. The van der Waals surface area contributed by atoms with Crippen molar-refractivity contribution in [2.75, 3.05) is 6.79 Å². The molecule has 4 nitrogen and oxygen atoms in total. The number of hydrogen-bond donors (Lipinski definition) is 0. The minimum atomic E-state index is -0.521. The molecule has 2 aromatic rings. The summed E-state index contributed by atoms with van der Waals surface area (Å²) in [5.41, 5.74) is 1.08. The molecule has 0 spiro atoms. The molecule has 17 heavy (non-hydrogen) atoms. The first-order chi connectivity index (χ1) is 8.25. The normalized spacial score (nSPS) is 12.8. The Kier molecular flexibility index (Phi) is 2.30. The van der Waals surface area contributed by atoms with Gasteiger partial charge in [0.1, 0.15) is 0 Å². The lowest BCUT2D eigenvalue weighted by molar-refractivity contribution is 0.108. The number of fused-ring (bicyclic) bond motifs is 1. The van der Waals surface area contributed by atoms with E-state index >= 15 is 0 Å². The fraction of sp³-hybridized carbons (Fsp3) is 0.0833. The Hall–Kier alpha value is -1.94. The maximum absolute atomic E-state index is 11.4. The molecule has 0 saturated heterocycles. The summed E-state index contributed by atoms with van der Waals surface area (Å²) >= 11 is 5.58. The Morgan fingerprint density at radius 1 is 1.18 bits per heavy atom. The quantitative estimate of drug-likeness (QED) is 0.768.